The number of anilines is 1. The van der Waals surface area contributed by atoms with Crippen molar-refractivity contribution in [1.82, 2.24) is 20.8 Å². The van der Waals surface area contributed by atoms with Gasteiger partial charge in [0, 0.05) is 18.5 Å². The number of carbonyl (C=O) groups is 3. The van der Waals surface area contributed by atoms with E-state index in [1.807, 2.05) is 13.2 Å². The first kappa shape index (κ1) is 21.3. The van der Waals surface area contributed by atoms with Gasteiger partial charge in [-0.25, -0.2) is 9.18 Å². The second kappa shape index (κ2) is 7.49. The maximum Gasteiger partial charge on any atom is 0.328 e. The van der Waals surface area contributed by atoms with Gasteiger partial charge in [0.05, 0.1) is 23.9 Å². The molecule has 1 aromatic heterocycles. The number of amides is 4. The lowest BCUT2D eigenvalue weighted by Gasteiger charge is -2.55. The molecule has 2 saturated heterocycles. The van der Waals surface area contributed by atoms with Crippen LogP contribution in [0.15, 0.2) is 16.5 Å². The highest BCUT2D eigenvalue weighted by Gasteiger charge is 2.63. The van der Waals surface area contributed by atoms with Crippen LogP contribution >= 0.6 is 23.1 Å². The molecule has 0 saturated carbocycles. The summed E-state index contributed by atoms with van der Waals surface area (Å²) in [5, 5.41) is 13.2. The lowest BCUT2D eigenvalue weighted by Crippen LogP contribution is -2.75. The van der Waals surface area contributed by atoms with Crippen LogP contribution in [0.5, 0.6) is 0 Å². The molecule has 3 aliphatic heterocycles. The van der Waals surface area contributed by atoms with Crippen molar-refractivity contribution in [1.29, 1.82) is 0 Å². The number of nitrogens with one attached hydrogen (secondary N) is 2. The number of thioether (sulfide) groups is 1. The molecule has 3 atom stereocenters. The Labute approximate surface area is 191 Å². The molecule has 12 heteroatoms. The molecule has 168 valence electrons. The Kier molecular flexibility index (Phi) is 4.98. The first-order valence-corrected chi connectivity index (χ1v) is 12.1. The van der Waals surface area contributed by atoms with E-state index in [9.17, 15) is 14.4 Å². The molecule has 4 amide bonds. The topological polar surface area (TPSA) is 114 Å². The maximum atomic E-state index is 15.6. The molecule has 32 heavy (non-hydrogen) atoms. The molecular formula is C20H20FN5O4S2. The van der Waals surface area contributed by atoms with E-state index < -0.39 is 41.2 Å². The second-order valence-electron chi connectivity index (χ2n) is 8.18. The van der Waals surface area contributed by atoms with Gasteiger partial charge in [0.2, 0.25) is 11.8 Å². The molecule has 1 unspecified atom stereocenters. The van der Waals surface area contributed by atoms with E-state index in [1.165, 1.54) is 29.2 Å². The number of halogens is 1. The van der Waals surface area contributed by atoms with Gasteiger partial charge in [-0.2, -0.15) is 0 Å². The van der Waals surface area contributed by atoms with Gasteiger partial charge in [0.1, 0.15) is 10.8 Å². The third kappa shape index (κ3) is 3.04. The molecule has 5 rings (SSSR count). The summed E-state index contributed by atoms with van der Waals surface area (Å²) in [4.78, 5) is 39.9. The third-order valence-electron chi connectivity index (χ3n) is 6.18. The smallest absolute Gasteiger partial charge is 0.328 e. The molecule has 3 aliphatic rings. The number of hydrogen-bond donors (Lipinski definition) is 2. The molecule has 0 aliphatic carbocycles. The van der Waals surface area contributed by atoms with Gasteiger partial charge in [-0.05, 0) is 37.8 Å². The average Bonchev–Trinajstić information content (AvgIpc) is 3.20. The van der Waals surface area contributed by atoms with Crippen molar-refractivity contribution in [3.05, 3.63) is 23.5 Å². The number of fused-ring (bicyclic) bond motifs is 4. The molecule has 1 aromatic carbocycles. The first-order valence-electron chi connectivity index (χ1n) is 10.0. The fourth-order valence-corrected chi connectivity index (χ4v) is 6.32. The minimum absolute atomic E-state index is 0.0739. The Morgan fingerprint density at radius 3 is 2.59 bits per heavy atom. The van der Waals surface area contributed by atoms with Crippen molar-refractivity contribution in [3.63, 3.8) is 0 Å². The van der Waals surface area contributed by atoms with E-state index in [4.69, 9.17) is 4.74 Å². The summed E-state index contributed by atoms with van der Waals surface area (Å²) >= 11 is 2.78. The number of barbiturate groups is 1. The van der Waals surface area contributed by atoms with E-state index in [0.29, 0.717) is 28.4 Å². The predicted molar refractivity (Wildman–Crippen MR) is 116 cm³/mol. The van der Waals surface area contributed by atoms with Crippen LogP contribution in [-0.4, -0.2) is 59.1 Å². The number of carbonyl (C=O) groups excluding carboxylic acids is 3. The van der Waals surface area contributed by atoms with Gasteiger partial charge in [0.15, 0.2) is 9.75 Å². The SMILES string of the molecule is CSc1nnc(-c2cc(F)c3c(c2)CC2(C(=O)NC(=O)NC2=O)C2[C@@H](C)O[C@@H](C)CN32)s1. The summed E-state index contributed by atoms with van der Waals surface area (Å²) < 4.78 is 22.2. The van der Waals surface area contributed by atoms with Crippen molar-refractivity contribution in [2.24, 2.45) is 5.41 Å². The normalized spacial score (nSPS) is 26.4. The summed E-state index contributed by atoms with van der Waals surface area (Å²) in [5.41, 5.74) is -0.275. The number of morpholine rings is 1. The van der Waals surface area contributed by atoms with Gasteiger partial charge in [-0.1, -0.05) is 23.1 Å². The van der Waals surface area contributed by atoms with Crippen LogP contribution in [0.2, 0.25) is 0 Å². The summed E-state index contributed by atoms with van der Waals surface area (Å²) in [6.07, 6.45) is 1.01. The quantitative estimate of drug-likeness (QED) is 0.499. The molecule has 2 aromatic rings. The number of aromatic nitrogens is 2. The lowest BCUT2D eigenvalue weighted by atomic mass is 9.66. The van der Waals surface area contributed by atoms with Crippen molar-refractivity contribution in [2.75, 3.05) is 17.7 Å². The van der Waals surface area contributed by atoms with Gasteiger partial charge >= 0.3 is 6.03 Å². The number of hydrogen-bond acceptors (Lipinski definition) is 9. The van der Waals surface area contributed by atoms with E-state index in [0.717, 1.165) is 4.34 Å². The molecule has 4 heterocycles. The first-order chi connectivity index (χ1) is 15.2. The van der Waals surface area contributed by atoms with Crippen LogP contribution < -0.4 is 15.5 Å². The fourth-order valence-electron chi connectivity index (χ4n) is 5.07. The minimum Gasteiger partial charge on any atom is -0.372 e. The molecule has 2 fully saturated rings. The number of nitrogens with zero attached hydrogens (tertiary/aromatic N) is 3. The molecule has 0 radical (unpaired) electrons. The maximum absolute atomic E-state index is 15.6. The predicted octanol–water partition coefficient (Wildman–Crippen LogP) is 1.96. The Morgan fingerprint density at radius 2 is 1.94 bits per heavy atom. The number of ether oxygens (including phenoxy) is 1. The van der Waals surface area contributed by atoms with Crippen LogP contribution in [0.4, 0.5) is 14.9 Å². The monoisotopic (exact) mass is 477 g/mol. The Hall–Kier alpha value is -2.57. The van der Waals surface area contributed by atoms with Crippen LogP contribution in [0.25, 0.3) is 10.6 Å². The highest BCUT2D eigenvalue weighted by Crippen LogP contribution is 2.48. The Bertz CT molecular complexity index is 1140. The zero-order valence-corrected chi connectivity index (χ0v) is 19.1. The van der Waals surface area contributed by atoms with Crippen LogP contribution in [0.1, 0.15) is 19.4 Å². The third-order valence-corrected chi connectivity index (χ3v) is 8.13. The van der Waals surface area contributed by atoms with E-state index in [-0.39, 0.29) is 12.5 Å². The molecule has 1 spiro atoms. The van der Waals surface area contributed by atoms with Crippen molar-refractivity contribution < 1.29 is 23.5 Å². The fraction of sp³-hybridized carbons (Fsp3) is 0.450. The largest absolute Gasteiger partial charge is 0.372 e. The van der Waals surface area contributed by atoms with Crippen molar-refractivity contribution in [3.8, 4) is 10.6 Å². The highest BCUT2D eigenvalue weighted by atomic mass is 32.2. The van der Waals surface area contributed by atoms with Gasteiger partial charge in [0.25, 0.3) is 0 Å². The highest BCUT2D eigenvalue weighted by molar-refractivity contribution is 8.00. The summed E-state index contributed by atoms with van der Waals surface area (Å²) in [6.45, 7) is 3.91. The summed E-state index contributed by atoms with van der Waals surface area (Å²) in [7, 11) is 0. The number of urea groups is 1. The van der Waals surface area contributed by atoms with Gasteiger partial charge < -0.3 is 9.64 Å². The minimum atomic E-state index is -1.64. The number of imide groups is 2. The van der Waals surface area contributed by atoms with Gasteiger partial charge in [-0.15, -0.1) is 10.2 Å². The Morgan fingerprint density at radius 1 is 1.22 bits per heavy atom. The van der Waals surface area contributed by atoms with Crippen LogP contribution in [0, 0.1) is 11.2 Å². The molecule has 2 N–H and O–H groups in total. The van der Waals surface area contributed by atoms with Crippen molar-refractivity contribution in [2.45, 2.75) is 42.9 Å². The molecular weight excluding hydrogens is 457 g/mol. The van der Waals surface area contributed by atoms with E-state index >= 15 is 4.39 Å². The van der Waals surface area contributed by atoms with Gasteiger partial charge in [-0.3, -0.25) is 20.2 Å². The Balaban J connectivity index is 1.70. The zero-order chi connectivity index (χ0) is 22.8. The summed E-state index contributed by atoms with van der Waals surface area (Å²) in [6, 6.07) is 1.53. The number of benzene rings is 1. The van der Waals surface area contributed by atoms with E-state index in [1.54, 1.807) is 17.9 Å². The number of rotatable bonds is 2. The lowest BCUT2D eigenvalue weighted by molar-refractivity contribution is -0.153. The zero-order valence-electron chi connectivity index (χ0n) is 17.5. The average molecular weight is 478 g/mol. The van der Waals surface area contributed by atoms with Crippen LogP contribution in [-0.2, 0) is 20.7 Å². The second-order valence-corrected chi connectivity index (χ2v) is 10.2. The molecule has 0 bridgehead atoms. The standard InChI is InChI=1S/C20H20FN5O4S2/c1-8-7-26-13-11(4-10(5-12(13)21)15-24-25-19(31-3)32-15)6-20(14(26)9(2)30-8)16(27)22-18(29)23-17(20)28/h4-5,8-9,14H,6-7H2,1-3H3,(H2,22,23,27,28,29)/t8-,9+,14?/m0/s1. The van der Waals surface area contributed by atoms with Crippen LogP contribution in [0.3, 0.4) is 0 Å². The van der Waals surface area contributed by atoms with Crippen molar-refractivity contribution >= 4 is 46.6 Å². The van der Waals surface area contributed by atoms with E-state index in [2.05, 4.69) is 20.8 Å². The summed E-state index contributed by atoms with van der Waals surface area (Å²) in [5.74, 6) is -1.88. The molecule has 9 nitrogen and oxygen atoms in total.